The van der Waals surface area contributed by atoms with E-state index in [0.29, 0.717) is 42.0 Å². The molecule has 1 aromatic heterocycles. The quantitative estimate of drug-likeness (QED) is 0.393. The number of ether oxygens (including phenoxy) is 5. The van der Waals surface area contributed by atoms with Gasteiger partial charge in [-0.2, -0.15) is 4.98 Å². The highest BCUT2D eigenvalue weighted by molar-refractivity contribution is 5.54. The van der Waals surface area contributed by atoms with Gasteiger partial charge in [-0.15, -0.1) is 0 Å². The molecule has 0 amide bonds. The van der Waals surface area contributed by atoms with E-state index in [9.17, 15) is 0 Å². The third kappa shape index (κ3) is 5.57. The first-order valence-corrected chi connectivity index (χ1v) is 13.1. The normalized spacial score (nSPS) is 15.5. The van der Waals surface area contributed by atoms with Crippen LogP contribution in [-0.2, 0) is 19.5 Å². The molecular formula is C29H36N4O5. The molecule has 9 heteroatoms. The van der Waals surface area contributed by atoms with E-state index in [1.165, 1.54) is 6.42 Å². The van der Waals surface area contributed by atoms with Gasteiger partial charge in [-0.1, -0.05) is 6.07 Å². The first-order valence-electron chi connectivity index (χ1n) is 13.1. The van der Waals surface area contributed by atoms with E-state index in [2.05, 4.69) is 9.80 Å². The second-order valence-corrected chi connectivity index (χ2v) is 9.58. The maximum atomic E-state index is 6.41. The Morgan fingerprint density at radius 3 is 2.21 bits per heavy atom. The van der Waals surface area contributed by atoms with Crippen LogP contribution in [0.1, 0.15) is 36.1 Å². The van der Waals surface area contributed by atoms with Gasteiger partial charge in [0.05, 0.1) is 39.7 Å². The maximum absolute atomic E-state index is 6.41. The molecule has 3 aromatic rings. The van der Waals surface area contributed by atoms with Gasteiger partial charge in [0.15, 0.2) is 11.5 Å². The summed E-state index contributed by atoms with van der Waals surface area (Å²) in [6.45, 7) is 4.21. The minimum Gasteiger partial charge on any atom is -0.497 e. The van der Waals surface area contributed by atoms with Crippen LogP contribution in [0, 0.1) is 0 Å². The number of fused-ring (bicyclic) bond motifs is 1. The highest BCUT2D eigenvalue weighted by Gasteiger charge is 2.27. The molecule has 0 atom stereocenters. The number of benzene rings is 2. The van der Waals surface area contributed by atoms with E-state index in [1.807, 2.05) is 36.4 Å². The van der Waals surface area contributed by atoms with Crippen molar-refractivity contribution in [3.63, 3.8) is 0 Å². The Morgan fingerprint density at radius 1 is 0.789 bits per heavy atom. The van der Waals surface area contributed by atoms with Gasteiger partial charge in [0, 0.05) is 45.2 Å². The first kappa shape index (κ1) is 25.9. The average molecular weight is 521 g/mol. The number of piperidine rings is 1. The molecule has 5 rings (SSSR count). The van der Waals surface area contributed by atoms with Gasteiger partial charge in [0.2, 0.25) is 17.6 Å². The van der Waals surface area contributed by atoms with Crippen LogP contribution < -0.4 is 28.6 Å². The van der Waals surface area contributed by atoms with E-state index in [0.717, 1.165) is 67.4 Å². The van der Waals surface area contributed by atoms with Crippen molar-refractivity contribution in [1.29, 1.82) is 0 Å². The Labute approximate surface area is 224 Å². The summed E-state index contributed by atoms with van der Waals surface area (Å²) in [4.78, 5) is 14.6. The molecule has 3 heterocycles. The van der Waals surface area contributed by atoms with Gasteiger partial charge in [-0.05, 0) is 49.1 Å². The summed E-state index contributed by atoms with van der Waals surface area (Å²) in [6.07, 6.45) is 4.40. The van der Waals surface area contributed by atoms with Crippen molar-refractivity contribution in [1.82, 2.24) is 14.9 Å². The standard InChI is InChI=1S/C29H36N4O5/c1-34-21-9-8-10-22(17-21)38-28-23-19-32(18-20-15-25(35-2)27(37-4)26(16-20)36-3)14-11-24(23)30-29(31-28)33-12-6-5-7-13-33/h8-10,15-17H,5-7,11-14,18-19H2,1-4H3. The number of anilines is 1. The van der Waals surface area contributed by atoms with Crippen LogP contribution >= 0.6 is 0 Å². The molecule has 1 saturated heterocycles. The van der Waals surface area contributed by atoms with Gasteiger partial charge in [0.25, 0.3) is 0 Å². The first-order chi connectivity index (χ1) is 18.6. The van der Waals surface area contributed by atoms with E-state index >= 15 is 0 Å². The Bertz CT molecular complexity index is 1240. The van der Waals surface area contributed by atoms with Crippen LogP contribution in [0.15, 0.2) is 36.4 Å². The molecule has 0 bridgehead atoms. The van der Waals surface area contributed by atoms with Crippen molar-refractivity contribution < 1.29 is 23.7 Å². The minimum atomic E-state index is 0.593. The molecule has 0 N–H and O–H groups in total. The highest BCUT2D eigenvalue weighted by Crippen LogP contribution is 2.39. The lowest BCUT2D eigenvalue weighted by Crippen LogP contribution is -2.34. The van der Waals surface area contributed by atoms with Crippen LogP contribution in [0.5, 0.6) is 34.6 Å². The van der Waals surface area contributed by atoms with Gasteiger partial charge in [-0.3, -0.25) is 4.90 Å². The Morgan fingerprint density at radius 2 is 1.53 bits per heavy atom. The maximum Gasteiger partial charge on any atom is 0.228 e. The molecule has 0 radical (unpaired) electrons. The molecule has 2 aliphatic rings. The minimum absolute atomic E-state index is 0.593. The summed E-state index contributed by atoms with van der Waals surface area (Å²) in [7, 11) is 6.54. The fraction of sp³-hybridized carbons (Fsp3) is 0.448. The second kappa shape index (κ2) is 11.8. The Balaban J connectivity index is 1.45. The lowest BCUT2D eigenvalue weighted by Gasteiger charge is -2.32. The highest BCUT2D eigenvalue weighted by atomic mass is 16.5. The molecule has 2 aliphatic heterocycles. The molecule has 0 spiro atoms. The topological polar surface area (TPSA) is 78.4 Å². The van der Waals surface area contributed by atoms with E-state index < -0.39 is 0 Å². The largest absolute Gasteiger partial charge is 0.497 e. The summed E-state index contributed by atoms with van der Waals surface area (Å²) in [5.41, 5.74) is 3.15. The molecule has 38 heavy (non-hydrogen) atoms. The van der Waals surface area contributed by atoms with Gasteiger partial charge in [0.1, 0.15) is 11.5 Å². The number of aromatic nitrogens is 2. The number of methoxy groups -OCH3 is 4. The van der Waals surface area contributed by atoms with Crippen molar-refractivity contribution in [3.8, 4) is 34.6 Å². The predicted molar refractivity (Wildman–Crippen MR) is 145 cm³/mol. The van der Waals surface area contributed by atoms with Crippen molar-refractivity contribution in [3.05, 3.63) is 53.2 Å². The Kier molecular flexibility index (Phi) is 8.03. The fourth-order valence-electron chi connectivity index (χ4n) is 5.14. The average Bonchev–Trinajstić information content (AvgIpc) is 2.97. The third-order valence-corrected chi connectivity index (χ3v) is 7.11. The molecule has 202 valence electrons. The van der Waals surface area contributed by atoms with E-state index in [-0.39, 0.29) is 0 Å². The summed E-state index contributed by atoms with van der Waals surface area (Å²) >= 11 is 0. The van der Waals surface area contributed by atoms with Crippen LogP contribution in [0.3, 0.4) is 0 Å². The van der Waals surface area contributed by atoms with Gasteiger partial charge in [-0.25, -0.2) is 4.98 Å². The predicted octanol–water partition coefficient (Wildman–Crippen LogP) is 4.85. The fourth-order valence-corrected chi connectivity index (χ4v) is 5.14. The number of hydrogen-bond donors (Lipinski definition) is 0. The third-order valence-electron chi connectivity index (χ3n) is 7.11. The van der Waals surface area contributed by atoms with Crippen molar-refractivity contribution in [2.75, 3.05) is 53.0 Å². The lowest BCUT2D eigenvalue weighted by molar-refractivity contribution is 0.237. The summed E-state index contributed by atoms with van der Waals surface area (Å²) < 4.78 is 28.4. The molecule has 1 fully saturated rings. The molecule has 0 saturated carbocycles. The summed E-state index contributed by atoms with van der Waals surface area (Å²) in [6, 6.07) is 11.6. The molecule has 0 aliphatic carbocycles. The van der Waals surface area contributed by atoms with Crippen LogP contribution in [-0.4, -0.2) is 62.9 Å². The zero-order valence-electron chi connectivity index (χ0n) is 22.7. The molecular weight excluding hydrogens is 484 g/mol. The zero-order valence-corrected chi connectivity index (χ0v) is 22.7. The van der Waals surface area contributed by atoms with Crippen LogP contribution in [0.4, 0.5) is 5.95 Å². The number of hydrogen-bond acceptors (Lipinski definition) is 9. The van der Waals surface area contributed by atoms with Gasteiger partial charge < -0.3 is 28.6 Å². The second-order valence-electron chi connectivity index (χ2n) is 9.58. The Hall–Kier alpha value is -3.72. The van der Waals surface area contributed by atoms with Crippen LogP contribution in [0.25, 0.3) is 0 Å². The summed E-state index contributed by atoms with van der Waals surface area (Å²) in [5.74, 6) is 4.70. The van der Waals surface area contributed by atoms with Crippen molar-refractivity contribution in [2.24, 2.45) is 0 Å². The molecule has 2 aromatic carbocycles. The van der Waals surface area contributed by atoms with Crippen LogP contribution in [0.2, 0.25) is 0 Å². The SMILES string of the molecule is COc1cccc(Oc2nc(N3CCCCC3)nc3c2CN(Cc2cc(OC)c(OC)c(OC)c2)CC3)c1. The van der Waals surface area contributed by atoms with E-state index in [1.54, 1.807) is 28.4 Å². The lowest BCUT2D eigenvalue weighted by atomic mass is 10.0. The molecule has 9 nitrogen and oxygen atoms in total. The van der Waals surface area contributed by atoms with Gasteiger partial charge >= 0.3 is 0 Å². The smallest absolute Gasteiger partial charge is 0.228 e. The zero-order chi connectivity index (χ0) is 26.5. The summed E-state index contributed by atoms with van der Waals surface area (Å²) in [5, 5.41) is 0. The van der Waals surface area contributed by atoms with E-state index in [4.69, 9.17) is 33.7 Å². The van der Waals surface area contributed by atoms with Crippen molar-refractivity contribution >= 4 is 5.95 Å². The van der Waals surface area contributed by atoms with Crippen molar-refractivity contribution in [2.45, 2.75) is 38.8 Å². The monoisotopic (exact) mass is 520 g/mol. The number of nitrogens with zero attached hydrogens (tertiary/aromatic N) is 4. The number of rotatable bonds is 9. The molecule has 0 unspecified atom stereocenters.